The molecule has 0 aliphatic heterocycles. The molecule has 6 nitrogen and oxygen atoms in total. The molecule has 1 N–H and O–H groups in total. The maximum atomic E-state index is 11.7. The Balaban J connectivity index is 1.65. The molecule has 0 spiro atoms. The second-order valence-electron chi connectivity index (χ2n) is 6.26. The molecule has 0 bridgehead atoms. The van der Waals surface area contributed by atoms with Crippen LogP contribution in [0.4, 0.5) is 0 Å². The molecule has 0 saturated carbocycles. The van der Waals surface area contributed by atoms with Crippen molar-refractivity contribution in [2.75, 3.05) is 6.61 Å². The van der Waals surface area contributed by atoms with E-state index in [9.17, 15) is 10.0 Å². The fourth-order valence-corrected chi connectivity index (χ4v) is 2.44. The van der Waals surface area contributed by atoms with Crippen LogP contribution in [-0.2, 0) is 16.0 Å². The van der Waals surface area contributed by atoms with E-state index in [4.69, 9.17) is 4.74 Å². The summed E-state index contributed by atoms with van der Waals surface area (Å²) in [7, 11) is 0. The minimum atomic E-state index is -0.167. The molecule has 1 heterocycles. The maximum absolute atomic E-state index is 11.7. The lowest BCUT2D eigenvalue weighted by atomic mass is 10.1. The zero-order valence-corrected chi connectivity index (χ0v) is 13.9. The highest BCUT2D eigenvalue weighted by Gasteiger charge is 2.07. The van der Waals surface area contributed by atoms with Gasteiger partial charge in [0.25, 0.3) is 0 Å². The minimum absolute atomic E-state index is 0.167. The van der Waals surface area contributed by atoms with E-state index >= 15 is 0 Å². The number of fused-ring (bicyclic) bond motifs is 1. The summed E-state index contributed by atoms with van der Waals surface area (Å²) in [6.07, 6.45) is 5.42. The Morgan fingerprint density at radius 2 is 2.00 bits per heavy atom. The summed E-state index contributed by atoms with van der Waals surface area (Å²) in [4.78, 5) is 12.3. The molecule has 126 valence electrons. The molecule has 1 aromatic carbocycles. The lowest BCUT2D eigenvalue weighted by molar-refractivity contribution is -0.143. The summed E-state index contributed by atoms with van der Waals surface area (Å²) in [6.45, 7) is 4.95. The van der Waals surface area contributed by atoms with Crippen LogP contribution in [0.2, 0.25) is 0 Å². The van der Waals surface area contributed by atoms with Gasteiger partial charge >= 0.3 is 5.97 Å². The van der Waals surface area contributed by atoms with Gasteiger partial charge in [-0.05, 0) is 41.4 Å². The molecule has 0 aliphatic carbocycles. The third kappa shape index (κ3) is 5.88. The van der Waals surface area contributed by atoms with Crippen LogP contribution in [0.1, 0.15) is 51.5 Å². The van der Waals surface area contributed by atoms with Gasteiger partial charge < -0.3 is 9.94 Å². The SMILES string of the molecule is CC(C)CCCCCOC(=O)CCc1ccc2nn(O)nc2c1. The van der Waals surface area contributed by atoms with Crippen molar-refractivity contribution in [1.29, 1.82) is 0 Å². The molecule has 6 heteroatoms. The Labute approximate surface area is 136 Å². The molecule has 0 fully saturated rings. The number of esters is 1. The van der Waals surface area contributed by atoms with Crippen LogP contribution in [0, 0.1) is 5.92 Å². The minimum Gasteiger partial charge on any atom is -0.466 e. The highest BCUT2D eigenvalue weighted by molar-refractivity contribution is 5.75. The smallest absolute Gasteiger partial charge is 0.306 e. The molecule has 1 aromatic heterocycles. The van der Waals surface area contributed by atoms with E-state index < -0.39 is 0 Å². The third-order valence-electron chi connectivity index (χ3n) is 3.74. The molecule has 0 radical (unpaired) electrons. The number of rotatable bonds is 9. The van der Waals surface area contributed by atoms with Crippen molar-refractivity contribution >= 4 is 17.0 Å². The standard InChI is InChI=1S/C17H25N3O3/c1-13(2)6-4-3-5-11-23-17(21)10-8-14-7-9-15-16(12-14)19-20(22)18-15/h7,9,12-13,22H,3-6,8,10-11H2,1-2H3. The lowest BCUT2D eigenvalue weighted by Gasteiger charge is -2.06. The van der Waals surface area contributed by atoms with Gasteiger partial charge in [0.1, 0.15) is 11.0 Å². The van der Waals surface area contributed by atoms with Crippen LogP contribution >= 0.6 is 0 Å². The summed E-state index contributed by atoms with van der Waals surface area (Å²) in [5.41, 5.74) is 2.22. The molecule has 0 aliphatic rings. The average Bonchev–Trinajstić information content (AvgIpc) is 2.87. The molecule has 2 rings (SSSR count). The van der Waals surface area contributed by atoms with Crippen molar-refractivity contribution in [3.8, 4) is 0 Å². The second kappa shape index (κ2) is 8.50. The van der Waals surface area contributed by atoms with Gasteiger partial charge in [-0.1, -0.05) is 39.2 Å². The van der Waals surface area contributed by atoms with Gasteiger partial charge in [-0.25, -0.2) is 0 Å². The number of unbranched alkanes of at least 4 members (excludes halogenated alkanes) is 2. The predicted octanol–water partition coefficient (Wildman–Crippen LogP) is 3.36. The average molecular weight is 319 g/mol. The van der Waals surface area contributed by atoms with Crippen molar-refractivity contribution in [3.05, 3.63) is 23.8 Å². The van der Waals surface area contributed by atoms with E-state index in [-0.39, 0.29) is 5.97 Å². The summed E-state index contributed by atoms with van der Waals surface area (Å²) >= 11 is 0. The molecule has 2 aromatic rings. The van der Waals surface area contributed by atoms with Gasteiger partial charge in [0, 0.05) is 6.42 Å². The molecular formula is C17H25N3O3. The van der Waals surface area contributed by atoms with Gasteiger partial charge in [-0.2, -0.15) is 0 Å². The van der Waals surface area contributed by atoms with E-state index in [0.717, 1.165) is 24.3 Å². The van der Waals surface area contributed by atoms with Gasteiger partial charge in [0.2, 0.25) is 0 Å². The zero-order chi connectivity index (χ0) is 16.7. The van der Waals surface area contributed by atoms with E-state index in [0.29, 0.717) is 35.4 Å². The summed E-state index contributed by atoms with van der Waals surface area (Å²) in [6, 6.07) is 5.49. The monoisotopic (exact) mass is 319 g/mol. The van der Waals surface area contributed by atoms with Crippen LogP contribution in [0.5, 0.6) is 0 Å². The fourth-order valence-electron chi connectivity index (χ4n) is 2.44. The van der Waals surface area contributed by atoms with E-state index in [1.165, 1.54) is 12.8 Å². The topological polar surface area (TPSA) is 77.2 Å². The number of carbonyl (C=O) groups excluding carboxylic acids is 1. The molecule has 0 saturated heterocycles. The van der Waals surface area contributed by atoms with Crippen molar-refractivity contribution in [1.82, 2.24) is 15.2 Å². The number of aromatic nitrogens is 3. The van der Waals surface area contributed by atoms with Gasteiger partial charge in [0.05, 0.1) is 6.61 Å². The second-order valence-corrected chi connectivity index (χ2v) is 6.26. The Hall–Kier alpha value is -2.11. The van der Waals surface area contributed by atoms with Gasteiger partial charge in [-0.15, -0.1) is 10.2 Å². The van der Waals surface area contributed by atoms with Gasteiger partial charge in [-0.3, -0.25) is 4.79 Å². The largest absolute Gasteiger partial charge is 0.466 e. The van der Waals surface area contributed by atoms with E-state index in [1.54, 1.807) is 6.07 Å². The lowest BCUT2D eigenvalue weighted by Crippen LogP contribution is -2.07. The number of carbonyl (C=O) groups is 1. The van der Waals surface area contributed by atoms with Crippen molar-refractivity contribution < 1.29 is 14.7 Å². The number of hydrogen-bond acceptors (Lipinski definition) is 5. The maximum Gasteiger partial charge on any atom is 0.306 e. The van der Waals surface area contributed by atoms with Crippen LogP contribution in [0.25, 0.3) is 11.0 Å². The molecule has 0 amide bonds. The first-order valence-electron chi connectivity index (χ1n) is 8.25. The first-order valence-corrected chi connectivity index (χ1v) is 8.25. The fraction of sp³-hybridized carbons (Fsp3) is 0.588. The highest BCUT2D eigenvalue weighted by Crippen LogP contribution is 2.13. The third-order valence-corrected chi connectivity index (χ3v) is 3.74. The first-order chi connectivity index (χ1) is 11.0. The predicted molar refractivity (Wildman–Crippen MR) is 87.3 cm³/mol. The van der Waals surface area contributed by atoms with Crippen LogP contribution in [-0.4, -0.2) is 32.9 Å². The quantitative estimate of drug-likeness (QED) is 0.435. The first kappa shape index (κ1) is 17.2. The normalized spacial score (nSPS) is 11.3. The zero-order valence-electron chi connectivity index (χ0n) is 13.9. The Bertz CT molecular complexity index is 637. The number of ether oxygens (including phenoxy) is 1. The Morgan fingerprint density at radius 1 is 1.22 bits per heavy atom. The summed E-state index contributed by atoms with van der Waals surface area (Å²) in [5, 5.41) is 16.8. The van der Waals surface area contributed by atoms with Crippen LogP contribution < -0.4 is 0 Å². The van der Waals surface area contributed by atoms with Crippen LogP contribution in [0.15, 0.2) is 18.2 Å². The highest BCUT2D eigenvalue weighted by atomic mass is 16.5. The van der Waals surface area contributed by atoms with Crippen molar-refractivity contribution in [3.63, 3.8) is 0 Å². The number of nitrogens with zero attached hydrogens (tertiary/aromatic N) is 3. The molecular weight excluding hydrogens is 294 g/mol. The van der Waals surface area contributed by atoms with E-state index in [1.807, 2.05) is 12.1 Å². The number of benzene rings is 1. The molecule has 23 heavy (non-hydrogen) atoms. The molecule has 0 atom stereocenters. The van der Waals surface area contributed by atoms with E-state index in [2.05, 4.69) is 24.0 Å². The van der Waals surface area contributed by atoms with Crippen LogP contribution in [0.3, 0.4) is 0 Å². The summed E-state index contributed by atoms with van der Waals surface area (Å²) in [5.74, 6) is 0.571. The molecule has 0 unspecified atom stereocenters. The Kier molecular flexibility index (Phi) is 6.38. The number of hydrogen-bond donors (Lipinski definition) is 1. The van der Waals surface area contributed by atoms with Gasteiger partial charge in [0.15, 0.2) is 0 Å². The Morgan fingerprint density at radius 3 is 2.78 bits per heavy atom. The van der Waals surface area contributed by atoms with Crippen molar-refractivity contribution in [2.24, 2.45) is 5.92 Å². The van der Waals surface area contributed by atoms with Crippen molar-refractivity contribution in [2.45, 2.75) is 52.4 Å². The number of aryl methyl sites for hydroxylation is 1. The summed E-state index contributed by atoms with van der Waals surface area (Å²) < 4.78 is 5.25.